The smallest absolute Gasteiger partial charge is 0.124 e. The molecule has 0 atom stereocenters. The summed E-state index contributed by atoms with van der Waals surface area (Å²) >= 11 is 3.47. The molecule has 0 aliphatic rings. The van der Waals surface area contributed by atoms with Crippen LogP contribution in [-0.4, -0.2) is 4.98 Å². The second-order valence-corrected chi connectivity index (χ2v) is 12.5. The highest BCUT2D eigenvalue weighted by molar-refractivity contribution is 7.25. The molecule has 0 bridgehead atoms. The summed E-state index contributed by atoms with van der Waals surface area (Å²) in [5.74, 6) is 0. The lowest BCUT2D eigenvalue weighted by atomic mass is 9.94. The van der Waals surface area contributed by atoms with E-state index in [-0.39, 0.29) is 0 Å². The number of hydrogen-bond acceptors (Lipinski definition) is 4. The first kappa shape index (κ1) is 24.7. The minimum absolute atomic E-state index is 0.695. The summed E-state index contributed by atoms with van der Waals surface area (Å²) in [6.07, 6.45) is 0. The van der Waals surface area contributed by atoms with Gasteiger partial charge in [-0.3, -0.25) is 0 Å². The molecule has 2 nitrogen and oxygen atoms in total. The van der Waals surface area contributed by atoms with E-state index in [4.69, 9.17) is 4.98 Å². The third-order valence-corrected chi connectivity index (χ3v) is 9.94. The molecule has 0 N–H and O–H groups in total. The van der Waals surface area contributed by atoms with Crippen LogP contribution in [0.3, 0.4) is 0 Å². The quantitative estimate of drug-likeness (QED) is 0.211. The van der Waals surface area contributed by atoms with E-state index < -0.39 is 0 Å². The van der Waals surface area contributed by atoms with Gasteiger partial charge in [0.05, 0.1) is 21.8 Å². The number of nitriles is 1. The first-order chi connectivity index (χ1) is 20.7. The van der Waals surface area contributed by atoms with E-state index in [0.717, 1.165) is 31.9 Å². The molecule has 6 aromatic carbocycles. The number of aromatic nitrogens is 1. The Labute approximate surface area is 251 Å². The van der Waals surface area contributed by atoms with E-state index in [9.17, 15) is 5.26 Å². The number of benzene rings is 6. The Morgan fingerprint density at radius 2 is 1.05 bits per heavy atom. The van der Waals surface area contributed by atoms with E-state index in [0.29, 0.717) is 5.56 Å². The van der Waals surface area contributed by atoms with Crippen LogP contribution in [0.4, 0.5) is 0 Å². The SMILES string of the molecule is N#Cc1ccc2c(c1)sc1cc(-c3cc(-c4ccc(-c5ccccc5)cc4)cc(-c4nc5ccccc5s4)c3)ccc12. The van der Waals surface area contributed by atoms with Gasteiger partial charge in [0.15, 0.2) is 0 Å². The van der Waals surface area contributed by atoms with Crippen molar-refractivity contribution in [2.45, 2.75) is 0 Å². The summed E-state index contributed by atoms with van der Waals surface area (Å²) < 4.78 is 3.55. The van der Waals surface area contributed by atoms with Crippen LogP contribution in [-0.2, 0) is 0 Å². The third kappa shape index (κ3) is 4.37. The van der Waals surface area contributed by atoms with Crippen molar-refractivity contribution < 1.29 is 0 Å². The molecule has 196 valence electrons. The number of fused-ring (bicyclic) bond motifs is 4. The van der Waals surface area contributed by atoms with Gasteiger partial charge in [0, 0.05) is 25.7 Å². The molecule has 42 heavy (non-hydrogen) atoms. The van der Waals surface area contributed by atoms with E-state index in [1.165, 1.54) is 42.4 Å². The lowest BCUT2D eigenvalue weighted by Gasteiger charge is -2.11. The standard InChI is InChI=1S/C38H22N2S2/c39-23-24-10-16-32-33-17-15-28(22-37(33)41-36(32)18-24)30-19-29(27-13-11-26(12-14-27)25-6-2-1-3-7-25)20-31(21-30)38-40-34-8-4-5-9-35(34)42-38/h1-22H. The van der Waals surface area contributed by atoms with Crippen LogP contribution < -0.4 is 0 Å². The summed E-state index contributed by atoms with van der Waals surface area (Å²) in [5.41, 5.74) is 9.92. The molecule has 8 rings (SSSR count). The minimum atomic E-state index is 0.695. The predicted molar refractivity (Wildman–Crippen MR) is 179 cm³/mol. The minimum Gasteiger partial charge on any atom is -0.236 e. The van der Waals surface area contributed by atoms with Gasteiger partial charge in [0.25, 0.3) is 0 Å². The van der Waals surface area contributed by atoms with Crippen LogP contribution in [0.2, 0.25) is 0 Å². The van der Waals surface area contributed by atoms with Crippen LogP contribution >= 0.6 is 22.7 Å². The van der Waals surface area contributed by atoms with Crippen molar-refractivity contribution in [1.82, 2.24) is 4.98 Å². The van der Waals surface area contributed by atoms with Gasteiger partial charge in [0.1, 0.15) is 5.01 Å². The van der Waals surface area contributed by atoms with Crippen molar-refractivity contribution in [2.24, 2.45) is 0 Å². The van der Waals surface area contributed by atoms with Crippen LogP contribution in [0.1, 0.15) is 5.56 Å². The Kier molecular flexibility index (Phi) is 5.93. The summed E-state index contributed by atoms with van der Waals surface area (Å²) in [6.45, 7) is 0. The molecule has 0 unspecified atom stereocenters. The Balaban J connectivity index is 1.28. The van der Waals surface area contributed by atoms with Crippen molar-refractivity contribution in [2.75, 3.05) is 0 Å². The molecule has 0 spiro atoms. The van der Waals surface area contributed by atoms with Gasteiger partial charge < -0.3 is 0 Å². The maximum atomic E-state index is 9.37. The number of hydrogen-bond donors (Lipinski definition) is 0. The largest absolute Gasteiger partial charge is 0.236 e. The van der Waals surface area contributed by atoms with Gasteiger partial charge >= 0.3 is 0 Å². The van der Waals surface area contributed by atoms with E-state index >= 15 is 0 Å². The maximum absolute atomic E-state index is 9.37. The number of thiophene rings is 1. The van der Waals surface area contributed by atoms with Crippen molar-refractivity contribution in [1.29, 1.82) is 5.26 Å². The molecule has 4 heteroatoms. The fourth-order valence-corrected chi connectivity index (χ4v) is 7.73. The Bertz CT molecular complexity index is 2270. The zero-order valence-corrected chi connectivity index (χ0v) is 24.0. The lowest BCUT2D eigenvalue weighted by Crippen LogP contribution is -1.86. The molecule has 0 aliphatic heterocycles. The van der Waals surface area contributed by atoms with Crippen molar-refractivity contribution in [3.05, 3.63) is 139 Å². The van der Waals surface area contributed by atoms with E-state index in [1.54, 1.807) is 22.7 Å². The van der Waals surface area contributed by atoms with Gasteiger partial charge in [-0.15, -0.1) is 22.7 Å². The normalized spacial score (nSPS) is 11.3. The number of para-hydroxylation sites is 1. The van der Waals surface area contributed by atoms with E-state index in [1.807, 2.05) is 24.3 Å². The molecule has 0 saturated heterocycles. The first-order valence-corrected chi connectivity index (χ1v) is 15.4. The van der Waals surface area contributed by atoms with Gasteiger partial charge in [0.2, 0.25) is 0 Å². The average molecular weight is 571 g/mol. The Morgan fingerprint density at radius 3 is 1.81 bits per heavy atom. The van der Waals surface area contributed by atoms with Gasteiger partial charge in [-0.1, -0.05) is 84.9 Å². The highest BCUT2D eigenvalue weighted by Crippen LogP contribution is 2.40. The third-order valence-electron chi connectivity index (χ3n) is 7.73. The maximum Gasteiger partial charge on any atom is 0.124 e. The van der Waals surface area contributed by atoms with Crippen LogP contribution in [0.15, 0.2) is 133 Å². The average Bonchev–Trinajstić information content (AvgIpc) is 3.66. The van der Waals surface area contributed by atoms with Gasteiger partial charge in [-0.2, -0.15) is 5.26 Å². The number of thiazole rings is 1. The monoisotopic (exact) mass is 570 g/mol. The molecule has 0 saturated carbocycles. The summed E-state index contributed by atoms with van der Waals surface area (Å²) in [5, 5.41) is 12.8. The topological polar surface area (TPSA) is 36.7 Å². The second kappa shape index (κ2) is 10.1. The molecular formula is C38H22N2S2. The Morgan fingerprint density at radius 1 is 0.452 bits per heavy atom. The fraction of sp³-hybridized carbons (Fsp3) is 0. The lowest BCUT2D eigenvalue weighted by molar-refractivity contribution is 1.47. The summed E-state index contributed by atoms with van der Waals surface area (Å²) in [6, 6.07) is 49.4. The molecule has 0 fully saturated rings. The molecular weight excluding hydrogens is 549 g/mol. The number of nitrogens with zero attached hydrogens (tertiary/aromatic N) is 2. The van der Waals surface area contributed by atoms with Crippen LogP contribution in [0.25, 0.3) is 74.3 Å². The highest BCUT2D eigenvalue weighted by Gasteiger charge is 2.13. The highest BCUT2D eigenvalue weighted by atomic mass is 32.1. The summed E-state index contributed by atoms with van der Waals surface area (Å²) in [4.78, 5) is 5.00. The second-order valence-electron chi connectivity index (χ2n) is 10.4. The van der Waals surface area contributed by atoms with Crippen molar-refractivity contribution >= 4 is 53.1 Å². The van der Waals surface area contributed by atoms with E-state index in [2.05, 4.69) is 115 Å². The van der Waals surface area contributed by atoms with Crippen LogP contribution in [0.5, 0.6) is 0 Å². The molecule has 0 aliphatic carbocycles. The van der Waals surface area contributed by atoms with Crippen molar-refractivity contribution in [3.63, 3.8) is 0 Å². The zero-order valence-electron chi connectivity index (χ0n) is 22.4. The Hall–Kier alpha value is -5.08. The zero-order chi connectivity index (χ0) is 28.0. The van der Waals surface area contributed by atoms with Crippen molar-refractivity contribution in [3.8, 4) is 50.0 Å². The predicted octanol–water partition coefficient (Wildman–Crippen LogP) is 11.2. The molecule has 0 amide bonds. The number of rotatable bonds is 4. The fourth-order valence-electron chi connectivity index (χ4n) is 5.59. The molecule has 0 radical (unpaired) electrons. The first-order valence-electron chi connectivity index (χ1n) is 13.8. The van der Waals surface area contributed by atoms with Crippen LogP contribution in [0, 0.1) is 11.3 Å². The molecule has 2 heterocycles. The molecule has 2 aromatic heterocycles. The van der Waals surface area contributed by atoms with Gasteiger partial charge in [-0.05, 0) is 81.9 Å². The van der Waals surface area contributed by atoms with Gasteiger partial charge in [-0.25, -0.2) is 4.98 Å². The molecule has 8 aromatic rings. The summed E-state index contributed by atoms with van der Waals surface area (Å²) in [7, 11) is 0.